The molecule has 0 aliphatic heterocycles. The third-order valence-corrected chi connectivity index (χ3v) is 5.77. The summed E-state index contributed by atoms with van der Waals surface area (Å²) in [5.41, 5.74) is 0. The van der Waals surface area contributed by atoms with E-state index in [1.807, 2.05) is 0 Å². The molecule has 0 N–H and O–H groups in total. The number of hydrogen-bond acceptors (Lipinski definition) is 0. The fourth-order valence-electron chi connectivity index (χ4n) is 0.578. The van der Waals surface area contributed by atoms with Crippen LogP contribution in [-0.4, -0.2) is 0 Å². The van der Waals surface area contributed by atoms with Gasteiger partial charge in [-0.05, 0) is 47.8 Å². The molecule has 12 heavy (non-hydrogen) atoms. The van der Waals surface area contributed by atoms with Gasteiger partial charge in [0.2, 0.25) is 0 Å². The molecule has 0 saturated carbocycles. The van der Waals surface area contributed by atoms with Crippen molar-refractivity contribution in [1.82, 2.24) is 0 Å². The Hall–Kier alpha value is 1.17. The summed E-state index contributed by atoms with van der Waals surface area (Å²) < 4.78 is 14.6. The molecule has 0 atom stereocenters. The molecular weight excluding hydrogens is 402 g/mol. The second kappa shape index (κ2) is 4.13. The molecule has 0 aliphatic carbocycles. The number of rotatable bonds is 0. The van der Waals surface area contributed by atoms with E-state index in [1.54, 1.807) is 0 Å². The van der Waals surface area contributed by atoms with Crippen LogP contribution in [0.4, 0.5) is 4.39 Å². The van der Waals surface area contributed by atoms with Gasteiger partial charge in [-0.25, -0.2) is 4.39 Å². The van der Waals surface area contributed by atoms with Gasteiger partial charge in [-0.3, -0.25) is 0 Å². The fourth-order valence-corrected chi connectivity index (χ4v) is 2.64. The largest absolute Gasteiger partial charge is 0.204 e. The first-order chi connectivity index (χ1) is 5.46. The lowest BCUT2D eigenvalue weighted by molar-refractivity contribution is 0.626. The molecule has 0 aliphatic rings. The molecule has 0 heterocycles. The molecule has 0 unspecified atom stereocenters. The van der Waals surface area contributed by atoms with E-state index in [1.165, 1.54) is 0 Å². The summed E-state index contributed by atoms with van der Waals surface area (Å²) in [6.07, 6.45) is 0. The molecule has 66 valence electrons. The van der Waals surface area contributed by atoms with E-state index < -0.39 is 5.82 Å². The third kappa shape index (κ3) is 1.82. The lowest BCUT2D eigenvalue weighted by atomic mass is 10.3. The van der Waals surface area contributed by atoms with E-state index in [4.69, 9.17) is 23.2 Å². The van der Waals surface area contributed by atoms with Crippen molar-refractivity contribution in [1.29, 1.82) is 0 Å². The van der Waals surface area contributed by atoms with Gasteiger partial charge in [0, 0.05) is 4.47 Å². The van der Waals surface area contributed by atoms with Crippen LogP contribution >= 0.6 is 71.0 Å². The van der Waals surface area contributed by atoms with Crippen molar-refractivity contribution >= 4 is 71.0 Å². The van der Waals surface area contributed by atoms with Crippen molar-refractivity contribution < 1.29 is 4.39 Å². The molecule has 0 nitrogen and oxygen atoms in total. The van der Waals surface area contributed by atoms with Gasteiger partial charge in [-0.1, -0.05) is 23.2 Å². The Morgan fingerprint density at radius 2 is 1.17 bits per heavy atom. The van der Waals surface area contributed by atoms with Gasteiger partial charge < -0.3 is 0 Å². The maximum atomic E-state index is 13.1. The van der Waals surface area contributed by atoms with E-state index in [2.05, 4.69) is 47.8 Å². The summed E-state index contributed by atoms with van der Waals surface area (Å²) in [5.74, 6) is -0.639. The van der Waals surface area contributed by atoms with Crippen LogP contribution in [0.25, 0.3) is 0 Å². The van der Waals surface area contributed by atoms with Crippen molar-refractivity contribution in [3.63, 3.8) is 0 Å². The number of benzene rings is 1. The molecular formula is C6Br3Cl2F. The molecule has 0 fully saturated rings. The van der Waals surface area contributed by atoms with Crippen LogP contribution in [0.15, 0.2) is 13.4 Å². The Labute approximate surface area is 104 Å². The van der Waals surface area contributed by atoms with Crippen LogP contribution in [0.2, 0.25) is 10.0 Å². The van der Waals surface area contributed by atoms with Crippen LogP contribution in [0.5, 0.6) is 0 Å². The van der Waals surface area contributed by atoms with Gasteiger partial charge in [-0.15, -0.1) is 0 Å². The van der Waals surface area contributed by atoms with Crippen LogP contribution < -0.4 is 0 Å². The second-order valence-corrected chi connectivity index (χ2v) is 5.02. The third-order valence-electron chi connectivity index (χ3n) is 1.16. The molecule has 1 aromatic rings. The minimum absolute atomic E-state index is 0.0323. The molecule has 1 aromatic carbocycles. The average Bonchev–Trinajstić information content (AvgIpc) is 2.08. The van der Waals surface area contributed by atoms with Crippen LogP contribution in [0.1, 0.15) is 0 Å². The highest BCUT2D eigenvalue weighted by Gasteiger charge is 2.17. The highest BCUT2D eigenvalue weighted by molar-refractivity contribution is 9.14. The first-order valence-electron chi connectivity index (χ1n) is 2.63. The Morgan fingerprint density at radius 1 is 0.833 bits per heavy atom. The maximum absolute atomic E-state index is 13.1. The second-order valence-electron chi connectivity index (χ2n) is 1.88. The minimum atomic E-state index is -0.639. The van der Waals surface area contributed by atoms with Crippen molar-refractivity contribution in [2.45, 2.75) is 0 Å². The van der Waals surface area contributed by atoms with E-state index >= 15 is 0 Å². The fraction of sp³-hybridized carbons (Fsp3) is 0. The predicted octanol–water partition coefficient (Wildman–Crippen LogP) is 5.42. The Balaban J connectivity index is 3.60. The summed E-state index contributed by atoms with van der Waals surface area (Å²) in [6.45, 7) is 0. The summed E-state index contributed by atoms with van der Waals surface area (Å²) in [4.78, 5) is 0. The van der Waals surface area contributed by atoms with Crippen molar-refractivity contribution in [3.05, 3.63) is 29.3 Å². The number of hydrogen-bond donors (Lipinski definition) is 0. The molecule has 0 bridgehead atoms. The summed E-state index contributed by atoms with van der Waals surface area (Å²) in [5, 5.41) is -0.0647. The first kappa shape index (κ1) is 11.2. The highest BCUT2D eigenvalue weighted by atomic mass is 79.9. The van der Waals surface area contributed by atoms with E-state index in [-0.39, 0.29) is 10.0 Å². The first-order valence-corrected chi connectivity index (χ1v) is 5.77. The van der Waals surface area contributed by atoms with Crippen molar-refractivity contribution in [3.8, 4) is 0 Å². The molecule has 0 radical (unpaired) electrons. The average molecular weight is 402 g/mol. The van der Waals surface area contributed by atoms with Gasteiger partial charge in [0.05, 0.1) is 19.0 Å². The van der Waals surface area contributed by atoms with Gasteiger partial charge in [0.25, 0.3) is 0 Å². The van der Waals surface area contributed by atoms with Crippen molar-refractivity contribution in [2.75, 3.05) is 0 Å². The SMILES string of the molecule is Fc1c(Cl)c(Br)c(Br)c(Br)c1Cl. The van der Waals surface area contributed by atoms with E-state index in [0.717, 1.165) is 0 Å². The summed E-state index contributed by atoms with van der Waals surface area (Å²) in [7, 11) is 0. The lowest BCUT2D eigenvalue weighted by Gasteiger charge is -2.06. The van der Waals surface area contributed by atoms with E-state index in [9.17, 15) is 4.39 Å². The molecule has 0 saturated heterocycles. The Morgan fingerprint density at radius 3 is 1.50 bits per heavy atom. The summed E-state index contributed by atoms with van der Waals surface area (Å²) >= 11 is 20.6. The molecule has 0 spiro atoms. The van der Waals surface area contributed by atoms with E-state index in [0.29, 0.717) is 13.4 Å². The van der Waals surface area contributed by atoms with Gasteiger partial charge in [0.15, 0.2) is 5.82 Å². The number of halogens is 6. The zero-order valence-electron chi connectivity index (χ0n) is 5.27. The normalized spacial score (nSPS) is 10.5. The van der Waals surface area contributed by atoms with Gasteiger partial charge >= 0.3 is 0 Å². The Bertz CT molecular complexity index is 235. The Kier molecular flexibility index (Phi) is 3.87. The predicted molar refractivity (Wildman–Crippen MR) is 59.5 cm³/mol. The zero-order valence-corrected chi connectivity index (χ0v) is 11.5. The van der Waals surface area contributed by atoms with Crippen LogP contribution in [0, 0.1) is 5.82 Å². The monoisotopic (exact) mass is 398 g/mol. The summed E-state index contributed by atoms with van der Waals surface area (Å²) in [6, 6.07) is 0. The lowest BCUT2D eigenvalue weighted by Crippen LogP contribution is -1.85. The highest BCUT2D eigenvalue weighted by Crippen LogP contribution is 2.43. The molecule has 0 amide bonds. The minimum Gasteiger partial charge on any atom is -0.204 e. The molecule has 1 rings (SSSR count). The topological polar surface area (TPSA) is 0 Å². The van der Waals surface area contributed by atoms with Gasteiger partial charge in [0.1, 0.15) is 0 Å². The molecule has 0 aromatic heterocycles. The quantitative estimate of drug-likeness (QED) is 0.402. The maximum Gasteiger partial charge on any atom is 0.162 e. The van der Waals surface area contributed by atoms with Crippen LogP contribution in [-0.2, 0) is 0 Å². The standard InChI is InChI=1S/C6Br3Cl2F/c7-1-2(8)4(10)6(12)5(11)3(1)9. The van der Waals surface area contributed by atoms with Crippen LogP contribution in [0.3, 0.4) is 0 Å². The zero-order chi connectivity index (χ0) is 9.46. The van der Waals surface area contributed by atoms with Crippen molar-refractivity contribution in [2.24, 2.45) is 0 Å². The molecule has 6 heteroatoms. The van der Waals surface area contributed by atoms with Gasteiger partial charge in [-0.2, -0.15) is 0 Å². The smallest absolute Gasteiger partial charge is 0.162 e.